The number of nitrogens with one attached hydrogen (secondary N) is 1. The number of carbonyl (C=O) groups is 2. The number of ether oxygens (including phenoxy) is 1. The number of amides is 1. The van der Waals surface area contributed by atoms with Gasteiger partial charge in [-0.15, -0.1) is 0 Å². The molecule has 3 rings (SSSR count). The van der Waals surface area contributed by atoms with Crippen LogP contribution in [0.3, 0.4) is 0 Å². The van der Waals surface area contributed by atoms with E-state index in [0.29, 0.717) is 37.4 Å². The highest BCUT2D eigenvalue weighted by Crippen LogP contribution is 2.28. The lowest BCUT2D eigenvalue weighted by Gasteiger charge is -2.31. The van der Waals surface area contributed by atoms with E-state index in [0.717, 1.165) is 37.7 Å². The summed E-state index contributed by atoms with van der Waals surface area (Å²) in [5, 5.41) is 2.71. The van der Waals surface area contributed by atoms with Gasteiger partial charge in [-0.1, -0.05) is 19.4 Å². The second kappa shape index (κ2) is 9.92. The average Bonchev–Trinajstić information content (AvgIpc) is 3.21. The maximum absolute atomic E-state index is 13.0. The molecule has 0 radical (unpaired) electrons. The Morgan fingerprint density at radius 3 is 2.60 bits per heavy atom. The number of esters is 1. The number of aryl methyl sites for hydroxylation is 2. The average molecular weight is 437 g/mol. The monoisotopic (exact) mass is 436 g/mol. The SMILES string of the molecule is CCCCOC(=O)C(C)NC(=O)C1CCN(S(=O)(=O)c2ccc3c(c2)CCC3)CC1. The Morgan fingerprint density at radius 1 is 1.20 bits per heavy atom. The van der Waals surface area contributed by atoms with Crippen molar-refractivity contribution in [1.82, 2.24) is 9.62 Å². The first-order valence-corrected chi connectivity index (χ1v) is 12.4. The largest absolute Gasteiger partial charge is 0.464 e. The number of nitrogens with zero attached hydrogens (tertiary/aromatic N) is 1. The molecule has 0 aromatic heterocycles. The number of hydrogen-bond acceptors (Lipinski definition) is 5. The van der Waals surface area contributed by atoms with Gasteiger partial charge >= 0.3 is 5.97 Å². The first-order chi connectivity index (χ1) is 14.3. The molecule has 0 bridgehead atoms. The second-order valence-corrected chi connectivity index (χ2v) is 10.2. The van der Waals surface area contributed by atoms with E-state index in [1.54, 1.807) is 13.0 Å². The predicted octanol–water partition coefficient (Wildman–Crippen LogP) is 2.42. The van der Waals surface area contributed by atoms with Gasteiger partial charge in [0.15, 0.2) is 0 Å². The summed E-state index contributed by atoms with van der Waals surface area (Å²) in [4.78, 5) is 24.8. The number of piperidine rings is 1. The Balaban J connectivity index is 1.52. The lowest BCUT2D eigenvalue weighted by Crippen LogP contribution is -2.46. The molecule has 1 fully saturated rings. The Bertz CT molecular complexity index is 876. The molecule has 1 amide bonds. The zero-order chi connectivity index (χ0) is 21.7. The zero-order valence-electron chi connectivity index (χ0n) is 17.9. The van der Waals surface area contributed by atoms with E-state index in [1.165, 1.54) is 9.87 Å². The van der Waals surface area contributed by atoms with Crippen LogP contribution in [0, 0.1) is 5.92 Å². The number of hydrogen-bond donors (Lipinski definition) is 1. The van der Waals surface area contributed by atoms with Crippen LogP contribution >= 0.6 is 0 Å². The lowest BCUT2D eigenvalue weighted by atomic mass is 9.97. The van der Waals surface area contributed by atoms with Crippen LogP contribution in [-0.4, -0.2) is 50.3 Å². The summed E-state index contributed by atoms with van der Waals surface area (Å²) >= 11 is 0. The Kier molecular flexibility index (Phi) is 7.52. The van der Waals surface area contributed by atoms with E-state index in [2.05, 4.69) is 5.32 Å². The molecule has 1 saturated heterocycles. The third-order valence-corrected chi connectivity index (χ3v) is 7.88. The molecule has 30 heavy (non-hydrogen) atoms. The van der Waals surface area contributed by atoms with Crippen LogP contribution in [0.4, 0.5) is 0 Å². The maximum Gasteiger partial charge on any atom is 0.328 e. The molecule has 2 aliphatic rings. The summed E-state index contributed by atoms with van der Waals surface area (Å²) in [7, 11) is -3.55. The van der Waals surface area contributed by atoms with Crippen LogP contribution < -0.4 is 5.32 Å². The van der Waals surface area contributed by atoms with Gasteiger partial charge in [-0.3, -0.25) is 4.79 Å². The highest BCUT2D eigenvalue weighted by Gasteiger charge is 2.33. The van der Waals surface area contributed by atoms with Crippen molar-refractivity contribution in [2.24, 2.45) is 5.92 Å². The molecule has 1 N–H and O–H groups in total. The minimum Gasteiger partial charge on any atom is -0.464 e. The quantitative estimate of drug-likeness (QED) is 0.499. The highest BCUT2D eigenvalue weighted by molar-refractivity contribution is 7.89. The van der Waals surface area contributed by atoms with Gasteiger partial charge in [0.2, 0.25) is 15.9 Å². The molecular formula is C22H32N2O5S. The van der Waals surface area contributed by atoms with Gasteiger partial charge < -0.3 is 10.1 Å². The summed E-state index contributed by atoms with van der Waals surface area (Å²) in [6.07, 6.45) is 5.62. The number of carbonyl (C=O) groups excluding carboxylic acids is 2. The maximum atomic E-state index is 13.0. The molecule has 166 valence electrons. The third kappa shape index (κ3) is 5.21. The normalized spacial score (nSPS) is 18.6. The Morgan fingerprint density at radius 2 is 1.90 bits per heavy atom. The van der Waals surface area contributed by atoms with Crippen molar-refractivity contribution in [1.29, 1.82) is 0 Å². The Hall–Kier alpha value is -1.93. The first-order valence-electron chi connectivity index (χ1n) is 10.9. The summed E-state index contributed by atoms with van der Waals surface area (Å²) in [5.41, 5.74) is 2.37. The van der Waals surface area contributed by atoms with Gasteiger partial charge in [0.1, 0.15) is 6.04 Å². The summed E-state index contributed by atoms with van der Waals surface area (Å²) < 4.78 is 32.6. The fourth-order valence-corrected chi connectivity index (χ4v) is 5.57. The topological polar surface area (TPSA) is 92.8 Å². The first kappa shape index (κ1) is 22.7. The van der Waals surface area contributed by atoms with Crippen LogP contribution in [0.15, 0.2) is 23.1 Å². The van der Waals surface area contributed by atoms with E-state index < -0.39 is 22.0 Å². The number of fused-ring (bicyclic) bond motifs is 1. The van der Waals surface area contributed by atoms with E-state index in [-0.39, 0.29) is 11.8 Å². The van der Waals surface area contributed by atoms with Crippen LogP contribution in [0.2, 0.25) is 0 Å². The van der Waals surface area contributed by atoms with Crippen molar-refractivity contribution in [3.63, 3.8) is 0 Å². The summed E-state index contributed by atoms with van der Waals surface area (Å²) in [6, 6.07) is 4.73. The smallest absolute Gasteiger partial charge is 0.328 e. The van der Waals surface area contributed by atoms with Gasteiger partial charge in [0, 0.05) is 19.0 Å². The number of sulfonamides is 1. The van der Waals surface area contributed by atoms with Gasteiger partial charge in [-0.25, -0.2) is 13.2 Å². The second-order valence-electron chi connectivity index (χ2n) is 8.21. The van der Waals surface area contributed by atoms with Crippen LogP contribution in [-0.2, 0) is 37.2 Å². The third-order valence-electron chi connectivity index (χ3n) is 5.99. The van der Waals surface area contributed by atoms with E-state index in [1.807, 2.05) is 19.1 Å². The number of unbranched alkanes of at least 4 members (excludes halogenated alkanes) is 1. The standard InChI is InChI=1S/C22H32N2O5S/c1-3-4-14-29-22(26)16(2)23-21(25)18-10-12-24(13-11-18)30(27,28)20-9-8-17-6-5-7-19(17)15-20/h8-9,15-16,18H,3-7,10-14H2,1-2H3,(H,23,25). The van der Waals surface area contributed by atoms with Crippen molar-refractivity contribution in [2.45, 2.75) is 69.7 Å². The van der Waals surface area contributed by atoms with Gasteiger partial charge in [-0.2, -0.15) is 4.31 Å². The van der Waals surface area contributed by atoms with Crippen LogP contribution in [0.25, 0.3) is 0 Å². The Labute approximate surface area is 179 Å². The minimum absolute atomic E-state index is 0.218. The summed E-state index contributed by atoms with van der Waals surface area (Å²) in [6.45, 7) is 4.57. The number of rotatable bonds is 8. The lowest BCUT2D eigenvalue weighted by molar-refractivity contribution is -0.148. The van der Waals surface area contributed by atoms with Crippen molar-refractivity contribution in [3.05, 3.63) is 29.3 Å². The van der Waals surface area contributed by atoms with Crippen LogP contribution in [0.5, 0.6) is 0 Å². The fraction of sp³-hybridized carbons (Fsp3) is 0.636. The number of benzene rings is 1. The van der Waals surface area contributed by atoms with Crippen molar-refractivity contribution < 1.29 is 22.7 Å². The predicted molar refractivity (Wildman–Crippen MR) is 113 cm³/mol. The van der Waals surface area contributed by atoms with Crippen molar-refractivity contribution >= 4 is 21.9 Å². The van der Waals surface area contributed by atoms with Crippen LogP contribution in [0.1, 0.15) is 57.1 Å². The fourth-order valence-electron chi connectivity index (χ4n) is 4.05. The zero-order valence-corrected chi connectivity index (χ0v) is 18.7. The highest BCUT2D eigenvalue weighted by atomic mass is 32.2. The van der Waals surface area contributed by atoms with Gasteiger partial charge in [-0.05, 0) is 68.7 Å². The molecule has 1 atom stereocenters. The van der Waals surface area contributed by atoms with E-state index >= 15 is 0 Å². The summed E-state index contributed by atoms with van der Waals surface area (Å²) in [5.74, 6) is -0.958. The molecule has 0 spiro atoms. The molecular weight excluding hydrogens is 404 g/mol. The van der Waals surface area contributed by atoms with E-state index in [9.17, 15) is 18.0 Å². The molecule has 1 aromatic rings. The van der Waals surface area contributed by atoms with Gasteiger partial charge in [0.05, 0.1) is 11.5 Å². The molecule has 8 heteroatoms. The minimum atomic E-state index is -3.55. The van der Waals surface area contributed by atoms with Crippen molar-refractivity contribution in [2.75, 3.05) is 19.7 Å². The molecule has 7 nitrogen and oxygen atoms in total. The molecule has 1 unspecified atom stereocenters. The van der Waals surface area contributed by atoms with Gasteiger partial charge in [0.25, 0.3) is 0 Å². The molecule has 1 heterocycles. The molecule has 1 aromatic carbocycles. The molecule has 1 aliphatic carbocycles. The molecule has 1 aliphatic heterocycles. The van der Waals surface area contributed by atoms with Crippen molar-refractivity contribution in [3.8, 4) is 0 Å². The van der Waals surface area contributed by atoms with E-state index in [4.69, 9.17) is 4.74 Å². The molecule has 0 saturated carbocycles.